The Bertz CT molecular complexity index is 184. The first-order valence-electron chi connectivity index (χ1n) is 4.40. The molecular weight excluding hydrogens is 138 g/mol. The average molecular weight is 151 g/mol. The maximum absolute atomic E-state index is 8.54. The maximum atomic E-state index is 8.54. The van der Waals surface area contributed by atoms with Crippen LogP contribution in [0.3, 0.4) is 0 Å². The van der Waals surface area contributed by atoms with E-state index >= 15 is 0 Å². The summed E-state index contributed by atoms with van der Waals surface area (Å²) in [6, 6.07) is 2.24. The van der Waals surface area contributed by atoms with E-state index in [-0.39, 0.29) is 0 Å². The molecule has 1 saturated heterocycles. The van der Waals surface area contributed by atoms with Crippen molar-refractivity contribution in [3.05, 3.63) is 0 Å². The predicted octanol–water partition coefficient (Wildman–Crippen LogP) is 1.72. The van der Waals surface area contributed by atoms with Crippen LogP contribution in [-0.4, -0.2) is 12.7 Å². The van der Waals surface area contributed by atoms with Crippen molar-refractivity contribution in [3.8, 4) is 6.07 Å². The lowest BCUT2D eigenvalue weighted by molar-refractivity contribution is 0.100. The molecule has 2 nitrogen and oxygen atoms in total. The van der Waals surface area contributed by atoms with Gasteiger partial charge in [-0.05, 0) is 18.8 Å². The summed E-state index contributed by atoms with van der Waals surface area (Å²) in [4.78, 5) is 0. The Morgan fingerprint density at radius 3 is 3.18 bits per heavy atom. The molecule has 1 heterocycles. The fraction of sp³-hybridized carbons (Fsp3) is 0.889. The number of nitriles is 1. The van der Waals surface area contributed by atoms with Crippen LogP contribution in [0.4, 0.5) is 0 Å². The molecule has 1 aliphatic carbocycles. The minimum absolute atomic E-state index is 0.508. The molecule has 60 valence electrons. The molecule has 11 heavy (non-hydrogen) atoms. The molecule has 0 aromatic heterocycles. The monoisotopic (exact) mass is 151 g/mol. The lowest BCUT2D eigenvalue weighted by Gasteiger charge is -2.11. The van der Waals surface area contributed by atoms with Crippen molar-refractivity contribution in [1.29, 1.82) is 5.26 Å². The Hall–Kier alpha value is -0.550. The molecule has 3 atom stereocenters. The van der Waals surface area contributed by atoms with Crippen LogP contribution < -0.4 is 0 Å². The lowest BCUT2D eigenvalue weighted by atomic mass is 9.90. The van der Waals surface area contributed by atoms with Crippen LogP contribution in [0.1, 0.15) is 25.7 Å². The number of hydrogen-bond donors (Lipinski definition) is 0. The van der Waals surface area contributed by atoms with E-state index in [0.29, 0.717) is 18.4 Å². The topological polar surface area (TPSA) is 33.0 Å². The first kappa shape index (κ1) is 7.12. The normalized spacial score (nSPS) is 41.9. The second-order valence-electron chi connectivity index (χ2n) is 3.59. The average Bonchev–Trinajstić information content (AvgIpc) is 2.53. The highest BCUT2D eigenvalue weighted by molar-refractivity contribution is 4.92. The Labute approximate surface area is 67.2 Å². The third kappa shape index (κ3) is 1.14. The van der Waals surface area contributed by atoms with Gasteiger partial charge in [-0.25, -0.2) is 0 Å². The number of rotatable bonds is 1. The van der Waals surface area contributed by atoms with E-state index in [1.165, 1.54) is 19.3 Å². The van der Waals surface area contributed by atoms with Gasteiger partial charge in [0, 0.05) is 12.3 Å². The largest absolute Gasteiger partial charge is 0.378 e. The lowest BCUT2D eigenvalue weighted by Crippen LogP contribution is -2.13. The van der Waals surface area contributed by atoms with Crippen LogP contribution in [0.25, 0.3) is 0 Å². The van der Waals surface area contributed by atoms with E-state index in [1.807, 2.05) is 0 Å². The van der Waals surface area contributed by atoms with Gasteiger partial charge < -0.3 is 4.74 Å². The number of nitrogens with zero attached hydrogens (tertiary/aromatic N) is 1. The minimum Gasteiger partial charge on any atom is -0.378 e. The zero-order valence-corrected chi connectivity index (χ0v) is 6.62. The summed E-state index contributed by atoms with van der Waals surface area (Å²) >= 11 is 0. The van der Waals surface area contributed by atoms with Gasteiger partial charge in [0.1, 0.15) is 0 Å². The smallest absolute Gasteiger partial charge is 0.0625 e. The third-order valence-electron chi connectivity index (χ3n) is 2.99. The van der Waals surface area contributed by atoms with Crippen molar-refractivity contribution >= 4 is 0 Å². The van der Waals surface area contributed by atoms with Gasteiger partial charge >= 0.3 is 0 Å². The molecule has 0 radical (unpaired) electrons. The second kappa shape index (κ2) is 2.83. The first-order chi connectivity index (χ1) is 5.42. The van der Waals surface area contributed by atoms with Gasteiger partial charge in [-0.15, -0.1) is 0 Å². The molecule has 2 aliphatic rings. The van der Waals surface area contributed by atoms with E-state index in [1.54, 1.807) is 0 Å². The standard InChI is InChI=1S/C9H13NO/c10-5-4-7-6-11-9-3-1-2-8(7)9/h7-9H,1-4,6H2/t7?,8-,9-/m0/s1. The van der Waals surface area contributed by atoms with E-state index < -0.39 is 0 Å². The highest BCUT2D eigenvalue weighted by atomic mass is 16.5. The predicted molar refractivity (Wildman–Crippen MR) is 40.8 cm³/mol. The molecule has 0 N–H and O–H groups in total. The van der Waals surface area contributed by atoms with Gasteiger partial charge in [-0.2, -0.15) is 5.26 Å². The van der Waals surface area contributed by atoms with Crippen LogP contribution in [0, 0.1) is 23.2 Å². The highest BCUT2D eigenvalue weighted by Gasteiger charge is 2.39. The fourth-order valence-corrected chi connectivity index (χ4v) is 2.40. The zero-order chi connectivity index (χ0) is 7.68. The maximum Gasteiger partial charge on any atom is 0.0625 e. The molecule has 2 rings (SSSR count). The van der Waals surface area contributed by atoms with Crippen LogP contribution >= 0.6 is 0 Å². The Morgan fingerprint density at radius 2 is 2.36 bits per heavy atom. The van der Waals surface area contributed by atoms with Crippen molar-refractivity contribution in [2.45, 2.75) is 31.8 Å². The van der Waals surface area contributed by atoms with Crippen molar-refractivity contribution < 1.29 is 4.74 Å². The zero-order valence-electron chi connectivity index (χ0n) is 6.62. The van der Waals surface area contributed by atoms with Gasteiger partial charge in [0.25, 0.3) is 0 Å². The summed E-state index contributed by atoms with van der Waals surface area (Å²) in [6.07, 6.45) is 5.02. The van der Waals surface area contributed by atoms with Crippen LogP contribution in [0.15, 0.2) is 0 Å². The molecule has 1 unspecified atom stereocenters. The summed E-state index contributed by atoms with van der Waals surface area (Å²) < 4.78 is 5.59. The quantitative estimate of drug-likeness (QED) is 0.571. The van der Waals surface area contributed by atoms with Crippen molar-refractivity contribution in [2.24, 2.45) is 11.8 Å². The van der Waals surface area contributed by atoms with E-state index in [4.69, 9.17) is 10.00 Å². The fourth-order valence-electron chi connectivity index (χ4n) is 2.40. The molecule has 0 amide bonds. The Kier molecular flexibility index (Phi) is 1.83. The molecule has 0 spiro atoms. The van der Waals surface area contributed by atoms with Crippen molar-refractivity contribution in [3.63, 3.8) is 0 Å². The van der Waals surface area contributed by atoms with Gasteiger partial charge in [0.05, 0.1) is 18.8 Å². The summed E-state index contributed by atoms with van der Waals surface area (Å²) in [6.45, 7) is 0.836. The molecule has 1 aliphatic heterocycles. The summed E-state index contributed by atoms with van der Waals surface area (Å²) in [5.74, 6) is 1.27. The molecule has 0 aromatic rings. The molecule has 1 saturated carbocycles. The molecular formula is C9H13NO. The Morgan fingerprint density at radius 1 is 1.45 bits per heavy atom. The van der Waals surface area contributed by atoms with Crippen molar-refractivity contribution in [2.75, 3.05) is 6.61 Å². The van der Waals surface area contributed by atoms with Crippen LogP contribution in [0.5, 0.6) is 0 Å². The van der Waals surface area contributed by atoms with Gasteiger partial charge in [-0.3, -0.25) is 0 Å². The highest BCUT2D eigenvalue weighted by Crippen LogP contribution is 2.40. The summed E-state index contributed by atoms with van der Waals surface area (Å²) in [5, 5.41) is 8.54. The molecule has 2 heteroatoms. The first-order valence-corrected chi connectivity index (χ1v) is 4.40. The van der Waals surface area contributed by atoms with E-state index in [9.17, 15) is 0 Å². The van der Waals surface area contributed by atoms with Crippen LogP contribution in [-0.2, 0) is 4.74 Å². The summed E-state index contributed by atoms with van der Waals surface area (Å²) in [7, 11) is 0. The van der Waals surface area contributed by atoms with Gasteiger partial charge in [0.2, 0.25) is 0 Å². The molecule has 0 aromatic carbocycles. The SMILES string of the molecule is N#CCC1CO[C@H]2CCC[C@@H]12. The van der Waals surface area contributed by atoms with Gasteiger partial charge in [-0.1, -0.05) is 6.42 Å². The molecule has 2 fully saturated rings. The second-order valence-corrected chi connectivity index (χ2v) is 3.59. The Balaban J connectivity index is 1.98. The number of ether oxygens (including phenoxy) is 1. The van der Waals surface area contributed by atoms with Crippen LogP contribution in [0.2, 0.25) is 0 Å². The van der Waals surface area contributed by atoms with Crippen molar-refractivity contribution in [1.82, 2.24) is 0 Å². The molecule has 0 bridgehead atoms. The van der Waals surface area contributed by atoms with E-state index in [2.05, 4.69) is 6.07 Å². The number of hydrogen-bond acceptors (Lipinski definition) is 2. The van der Waals surface area contributed by atoms with Gasteiger partial charge in [0.15, 0.2) is 0 Å². The summed E-state index contributed by atoms with van der Waals surface area (Å²) in [5.41, 5.74) is 0. The van der Waals surface area contributed by atoms with E-state index in [0.717, 1.165) is 12.5 Å². The minimum atomic E-state index is 0.508. The third-order valence-corrected chi connectivity index (χ3v) is 2.99. The number of fused-ring (bicyclic) bond motifs is 1.